The fourth-order valence-electron chi connectivity index (χ4n) is 5.33. The minimum Gasteiger partial charge on any atom is -0.103 e. The van der Waals surface area contributed by atoms with Crippen LogP contribution in [0.15, 0.2) is 73.4 Å². The van der Waals surface area contributed by atoms with Gasteiger partial charge in [-0.3, -0.25) is 0 Å². The summed E-state index contributed by atoms with van der Waals surface area (Å²) in [4.78, 5) is 0. The van der Waals surface area contributed by atoms with E-state index >= 15 is 0 Å². The number of aryl methyl sites for hydroxylation is 2. The Kier molecular flexibility index (Phi) is 4.68. The van der Waals surface area contributed by atoms with Crippen LogP contribution in [0.2, 0.25) is 0 Å². The number of allylic oxidation sites excluding steroid dienone is 5. The smallest absolute Gasteiger partial charge is 0.0164 e. The molecule has 0 radical (unpaired) electrons. The molecule has 0 heterocycles. The Balaban J connectivity index is 1.91. The first-order chi connectivity index (χ1) is 13.1. The van der Waals surface area contributed by atoms with Gasteiger partial charge in [-0.25, -0.2) is 0 Å². The van der Waals surface area contributed by atoms with Gasteiger partial charge in [0.2, 0.25) is 0 Å². The molecule has 2 atom stereocenters. The van der Waals surface area contributed by atoms with Gasteiger partial charge in [-0.2, -0.15) is 0 Å². The largest absolute Gasteiger partial charge is 0.103 e. The molecule has 0 aromatic heterocycles. The third-order valence-corrected chi connectivity index (χ3v) is 6.70. The predicted molar refractivity (Wildman–Crippen MR) is 117 cm³/mol. The molecule has 0 spiro atoms. The quantitative estimate of drug-likeness (QED) is 0.372. The summed E-state index contributed by atoms with van der Waals surface area (Å²) in [6.45, 7) is 10.9. The van der Waals surface area contributed by atoms with E-state index in [9.17, 15) is 0 Å². The molecule has 0 fully saturated rings. The van der Waals surface area contributed by atoms with Crippen molar-refractivity contribution in [3.63, 3.8) is 0 Å². The minimum absolute atomic E-state index is 0.161. The van der Waals surface area contributed by atoms with E-state index in [1.807, 2.05) is 0 Å². The zero-order valence-corrected chi connectivity index (χ0v) is 16.8. The molecule has 2 aliphatic rings. The summed E-state index contributed by atoms with van der Waals surface area (Å²) >= 11 is 0. The Morgan fingerprint density at radius 1 is 1.04 bits per heavy atom. The normalized spacial score (nSPS) is 19.7. The topological polar surface area (TPSA) is 0 Å². The van der Waals surface area contributed by atoms with Gasteiger partial charge in [0.05, 0.1) is 0 Å². The van der Waals surface area contributed by atoms with Crippen LogP contribution in [-0.4, -0.2) is 0 Å². The second kappa shape index (κ2) is 7.00. The van der Waals surface area contributed by atoms with Gasteiger partial charge in [-0.1, -0.05) is 79.3 Å². The maximum Gasteiger partial charge on any atom is 0.0164 e. The lowest BCUT2D eigenvalue weighted by molar-refractivity contribution is 0.208. The molecule has 0 saturated heterocycles. The van der Waals surface area contributed by atoms with E-state index in [2.05, 4.69) is 94.1 Å². The van der Waals surface area contributed by atoms with Crippen LogP contribution in [0.5, 0.6) is 0 Å². The van der Waals surface area contributed by atoms with Gasteiger partial charge in [0.25, 0.3) is 0 Å². The molecule has 2 aliphatic carbocycles. The molecule has 0 N–H and O–H groups in total. The highest BCUT2D eigenvalue weighted by Crippen LogP contribution is 2.58. The van der Waals surface area contributed by atoms with Crippen LogP contribution < -0.4 is 0 Å². The van der Waals surface area contributed by atoms with Crippen LogP contribution in [0.4, 0.5) is 0 Å². The molecule has 0 saturated carbocycles. The Morgan fingerprint density at radius 3 is 2.56 bits per heavy atom. The SMILES string of the molecule is C=CCCCC(C)(C1C=CC=C1)C1c2cc(C)ccc2-c2c(C)cccc21. The molecule has 0 nitrogen and oxygen atoms in total. The fourth-order valence-corrected chi connectivity index (χ4v) is 5.33. The minimum atomic E-state index is 0.161. The van der Waals surface area contributed by atoms with Gasteiger partial charge >= 0.3 is 0 Å². The number of hydrogen-bond acceptors (Lipinski definition) is 0. The molecule has 2 unspecified atom stereocenters. The average Bonchev–Trinajstić information content (AvgIpc) is 3.28. The fraction of sp³-hybridized carbons (Fsp3) is 0.333. The number of hydrogen-bond donors (Lipinski definition) is 0. The van der Waals surface area contributed by atoms with Crippen molar-refractivity contribution in [2.24, 2.45) is 11.3 Å². The van der Waals surface area contributed by atoms with Crippen molar-refractivity contribution in [1.29, 1.82) is 0 Å². The van der Waals surface area contributed by atoms with Gasteiger partial charge in [0.15, 0.2) is 0 Å². The molecule has 138 valence electrons. The van der Waals surface area contributed by atoms with E-state index in [1.165, 1.54) is 46.2 Å². The first-order valence-electron chi connectivity index (χ1n) is 10.2. The maximum atomic E-state index is 3.94. The maximum absolute atomic E-state index is 3.94. The standard InChI is InChI=1S/C27H30/c1-5-6-9-17-27(4,21-12-7-8-13-21)26-23-14-10-11-20(3)25(23)22-16-15-19(2)18-24(22)26/h5,7-8,10-16,18,21,26H,1,6,9,17H2,2-4H3. The number of unbranched alkanes of at least 4 members (excludes halogenated alkanes) is 1. The van der Waals surface area contributed by atoms with Crippen LogP contribution >= 0.6 is 0 Å². The lowest BCUT2D eigenvalue weighted by Crippen LogP contribution is -2.32. The lowest BCUT2D eigenvalue weighted by Gasteiger charge is -2.41. The summed E-state index contributed by atoms with van der Waals surface area (Å²) in [5.41, 5.74) is 8.87. The van der Waals surface area contributed by atoms with Crippen LogP contribution in [0.3, 0.4) is 0 Å². The van der Waals surface area contributed by atoms with E-state index in [1.54, 1.807) is 0 Å². The van der Waals surface area contributed by atoms with Crippen molar-refractivity contribution >= 4 is 0 Å². The molecular formula is C27H30. The Bertz CT molecular complexity index is 915. The summed E-state index contributed by atoms with van der Waals surface area (Å²) in [5, 5.41) is 0. The van der Waals surface area contributed by atoms with E-state index < -0.39 is 0 Å². The molecule has 2 aromatic rings. The first-order valence-corrected chi connectivity index (χ1v) is 10.2. The molecule has 0 aliphatic heterocycles. The highest BCUT2D eigenvalue weighted by Gasteiger charge is 2.45. The van der Waals surface area contributed by atoms with Crippen molar-refractivity contribution in [2.75, 3.05) is 0 Å². The summed E-state index contributed by atoms with van der Waals surface area (Å²) in [6, 6.07) is 13.9. The second-order valence-electron chi connectivity index (χ2n) is 8.55. The van der Waals surface area contributed by atoms with Gasteiger partial charge in [0.1, 0.15) is 0 Å². The summed E-state index contributed by atoms with van der Waals surface area (Å²) < 4.78 is 0. The molecule has 0 amide bonds. The van der Waals surface area contributed by atoms with Gasteiger partial charge in [0, 0.05) is 11.8 Å². The summed E-state index contributed by atoms with van der Waals surface area (Å²) in [7, 11) is 0. The third-order valence-electron chi connectivity index (χ3n) is 6.70. The van der Waals surface area contributed by atoms with Crippen LogP contribution in [-0.2, 0) is 0 Å². The number of rotatable bonds is 6. The molecule has 27 heavy (non-hydrogen) atoms. The van der Waals surface area contributed by atoms with Gasteiger partial charge in [-0.05, 0) is 66.3 Å². The van der Waals surface area contributed by atoms with E-state index in [0.717, 1.165) is 6.42 Å². The predicted octanol–water partition coefficient (Wildman–Crippen LogP) is 7.52. The van der Waals surface area contributed by atoms with Crippen molar-refractivity contribution in [1.82, 2.24) is 0 Å². The Labute approximate surface area is 164 Å². The highest BCUT2D eigenvalue weighted by atomic mass is 14.5. The van der Waals surface area contributed by atoms with Crippen molar-refractivity contribution < 1.29 is 0 Å². The molecule has 2 aromatic carbocycles. The monoisotopic (exact) mass is 354 g/mol. The van der Waals surface area contributed by atoms with E-state index in [4.69, 9.17) is 0 Å². The molecule has 0 bridgehead atoms. The average molecular weight is 355 g/mol. The third kappa shape index (κ3) is 2.92. The summed E-state index contributed by atoms with van der Waals surface area (Å²) in [6.07, 6.45) is 14.8. The number of fused-ring (bicyclic) bond motifs is 3. The first kappa shape index (κ1) is 18.0. The van der Waals surface area contributed by atoms with Crippen molar-refractivity contribution in [3.8, 4) is 11.1 Å². The Morgan fingerprint density at radius 2 is 1.81 bits per heavy atom. The molecular weight excluding hydrogens is 324 g/mol. The highest BCUT2D eigenvalue weighted by molar-refractivity contribution is 5.82. The zero-order valence-electron chi connectivity index (χ0n) is 16.8. The second-order valence-corrected chi connectivity index (χ2v) is 8.55. The summed E-state index contributed by atoms with van der Waals surface area (Å²) in [5.74, 6) is 0.914. The van der Waals surface area contributed by atoms with Crippen LogP contribution in [0.25, 0.3) is 11.1 Å². The van der Waals surface area contributed by atoms with E-state index in [-0.39, 0.29) is 5.41 Å². The molecule has 4 rings (SSSR count). The van der Waals surface area contributed by atoms with Crippen LogP contribution in [0.1, 0.15) is 54.4 Å². The number of benzene rings is 2. The zero-order chi connectivity index (χ0) is 19.0. The molecule has 0 heteroatoms. The van der Waals surface area contributed by atoms with Crippen molar-refractivity contribution in [3.05, 3.63) is 95.6 Å². The van der Waals surface area contributed by atoms with Crippen molar-refractivity contribution in [2.45, 2.75) is 46.0 Å². The van der Waals surface area contributed by atoms with Gasteiger partial charge in [-0.15, -0.1) is 6.58 Å². The Hall–Kier alpha value is -2.34. The van der Waals surface area contributed by atoms with E-state index in [0.29, 0.717) is 11.8 Å². The lowest BCUT2D eigenvalue weighted by atomic mass is 9.62. The van der Waals surface area contributed by atoms with Crippen LogP contribution in [0, 0.1) is 25.2 Å². The van der Waals surface area contributed by atoms with Gasteiger partial charge < -0.3 is 0 Å².